The predicted molar refractivity (Wildman–Crippen MR) is 60.8 cm³/mol. The number of hydrogen-bond acceptors (Lipinski definition) is 2. The Morgan fingerprint density at radius 3 is 2.93 bits per heavy atom. The molecule has 0 amide bonds. The second kappa shape index (κ2) is 4.58. The van der Waals surface area contributed by atoms with Crippen molar-refractivity contribution in [3.05, 3.63) is 35.4 Å². The molecular weight excluding hydrogens is 186 g/mol. The Morgan fingerprint density at radius 2 is 2.20 bits per heavy atom. The lowest BCUT2D eigenvalue weighted by molar-refractivity contribution is -0.119. The lowest BCUT2D eigenvalue weighted by Crippen LogP contribution is -2.20. The van der Waals surface area contributed by atoms with E-state index < -0.39 is 0 Å². The molecule has 15 heavy (non-hydrogen) atoms. The monoisotopic (exact) mass is 203 g/mol. The SMILES string of the molecule is NCCCC(=O)CC1Cc2ccccc21. The van der Waals surface area contributed by atoms with Crippen LogP contribution < -0.4 is 5.73 Å². The number of hydrogen-bond donors (Lipinski definition) is 1. The average Bonchev–Trinajstić information content (AvgIpc) is 2.23. The van der Waals surface area contributed by atoms with Crippen molar-refractivity contribution < 1.29 is 4.79 Å². The maximum absolute atomic E-state index is 11.6. The fourth-order valence-corrected chi connectivity index (χ4v) is 2.22. The summed E-state index contributed by atoms with van der Waals surface area (Å²) in [5.74, 6) is 0.839. The number of carbonyl (C=O) groups is 1. The van der Waals surface area contributed by atoms with E-state index in [2.05, 4.69) is 24.3 Å². The summed E-state index contributed by atoms with van der Waals surface area (Å²) < 4.78 is 0. The van der Waals surface area contributed by atoms with Gasteiger partial charge in [0.2, 0.25) is 0 Å². The molecule has 0 aliphatic heterocycles. The van der Waals surface area contributed by atoms with Crippen molar-refractivity contribution in [2.45, 2.75) is 31.6 Å². The van der Waals surface area contributed by atoms with Gasteiger partial charge in [-0.1, -0.05) is 24.3 Å². The maximum atomic E-state index is 11.6. The molecule has 1 aliphatic carbocycles. The molecule has 1 atom stereocenters. The van der Waals surface area contributed by atoms with Crippen molar-refractivity contribution in [3.63, 3.8) is 0 Å². The Balaban J connectivity index is 1.87. The van der Waals surface area contributed by atoms with Crippen molar-refractivity contribution in [1.82, 2.24) is 0 Å². The van der Waals surface area contributed by atoms with Gasteiger partial charge in [-0.25, -0.2) is 0 Å². The van der Waals surface area contributed by atoms with Crippen LogP contribution in [-0.4, -0.2) is 12.3 Å². The van der Waals surface area contributed by atoms with Crippen molar-refractivity contribution in [2.75, 3.05) is 6.54 Å². The van der Waals surface area contributed by atoms with E-state index in [1.54, 1.807) is 0 Å². The first-order valence-corrected chi connectivity index (χ1v) is 5.61. The van der Waals surface area contributed by atoms with E-state index in [1.165, 1.54) is 11.1 Å². The van der Waals surface area contributed by atoms with E-state index in [9.17, 15) is 4.79 Å². The van der Waals surface area contributed by atoms with Gasteiger partial charge in [0.05, 0.1) is 0 Å². The fourth-order valence-electron chi connectivity index (χ4n) is 2.22. The first-order valence-electron chi connectivity index (χ1n) is 5.61. The van der Waals surface area contributed by atoms with Crippen LogP contribution in [0.1, 0.15) is 36.3 Å². The summed E-state index contributed by atoms with van der Waals surface area (Å²) in [5.41, 5.74) is 8.16. The summed E-state index contributed by atoms with van der Waals surface area (Å²) in [6.07, 6.45) is 3.25. The van der Waals surface area contributed by atoms with E-state index in [1.807, 2.05) is 0 Å². The molecule has 0 aromatic heterocycles. The highest BCUT2D eigenvalue weighted by molar-refractivity contribution is 5.79. The molecule has 1 aliphatic rings. The van der Waals surface area contributed by atoms with Crippen molar-refractivity contribution in [2.24, 2.45) is 5.73 Å². The van der Waals surface area contributed by atoms with Gasteiger partial charge >= 0.3 is 0 Å². The van der Waals surface area contributed by atoms with Gasteiger partial charge in [0, 0.05) is 12.8 Å². The number of nitrogens with two attached hydrogens (primary N) is 1. The van der Waals surface area contributed by atoms with Gasteiger partial charge in [0.25, 0.3) is 0 Å². The topological polar surface area (TPSA) is 43.1 Å². The summed E-state index contributed by atoms with van der Waals surface area (Å²) in [6, 6.07) is 8.40. The molecule has 1 unspecified atom stereocenters. The van der Waals surface area contributed by atoms with Crippen LogP contribution in [0, 0.1) is 0 Å². The van der Waals surface area contributed by atoms with Gasteiger partial charge in [-0.3, -0.25) is 4.79 Å². The minimum atomic E-state index is 0.361. The molecule has 1 aromatic rings. The second-order valence-electron chi connectivity index (χ2n) is 4.23. The van der Waals surface area contributed by atoms with Gasteiger partial charge in [0.15, 0.2) is 0 Å². The van der Waals surface area contributed by atoms with Crippen LogP contribution in [0.4, 0.5) is 0 Å². The number of benzene rings is 1. The average molecular weight is 203 g/mol. The maximum Gasteiger partial charge on any atom is 0.133 e. The van der Waals surface area contributed by atoms with Crippen molar-refractivity contribution in [3.8, 4) is 0 Å². The first-order chi connectivity index (χ1) is 7.31. The minimum absolute atomic E-state index is 0.361. The van der Waals surface area contributed by atoms with Gasteiger partial charge in [-0.05, 0) is 36.4 Å². The summed E-state index contributed by atoms with van der Waals surface area (Å²) >= 11 is 0. The first kappa shape index (κ1) is 10.4. The molecule has 0 heterocycles. The molecule has 80 valence electrons. The molecular formula is C13H17NO. The molecule has 0 saturated heterocycles. The number of rotatable bonds is 5. The molecule has 0 saturated carbocycles. The van der Waals surface area contributed by atoms with Crippen LogP contribution in [0.2, 0.25) is 0 Å². The highest BCUT2D eigenvalue weighted by Crippen LogP contribution is 2.37. The van der Waals surface area contributed by atoms with E-state index in [-0.39, 0.29) is 0 Å². The quantitative estimate of drug-likeness (QED) is 0.795. The van der Waals surface area contributed by atoms with Crippen molar-refractivity contribution >= 4 is 5.78 Å². The zero-order valence-electron chi connectivity index (χ0n) is 8.91. The molecule has 0 radical (unpaired) electrons. The third-order valence-corrected chi connectivity index (χ3v) is 3.10. The minimum Gasteiger partial charge on any atom is -0.330 e. The molecule has 0 spiro atoms. The standard InChI is InChI=1S/C13H17NO/c14-7-3-5-12(15)9-11-8-10-4-1-2-6-13(10)11/h1-2,4,6,11H,3,5,7-9,14H2. The molecule has 1 aromatic carbocycles. The zero-order valence-corrected chi connectivity index (χ0v) is 8.91. The molecule has 2 heteroatoms. The Labute approximate surface area is 90.5 Å². The van der Waals surface area contributed by atoms with Crippen molar-refractivity contribution in [1.29, 1.82) is 0 Å². The fraction of sp³-hybridized carbons (Fsp3) is 0.462. The van der Waals surface area contributed by atoms with E-state index in [0.717, 1.165) is 12.8 Å². The third-order valence-electron chi connectivity index (χ3n) is 3.10. The van der Waals surface area contributed by atoms with Gasteiger partial charge in [0.1, 0.15) is 5.78 Å². The van der Waals surface area contributed by atoms with Gasteiger partial charge in [-0.15, -0.1) is 0 Å². The highest BCUT2D eigenvalue weighted by atomic mass is 16.1. The highest BCUT2D eigenvalue weighted by Gasteiger charge is 2.26. The van der Waals surface area contributed by atoms with E-state index in [4.69, 9.17) is 5.73 Å². The Hall–Kier alpha value is -1.15. The van der Waals surface area contributed by atoms with Crippen LogP contribution in [-0.2, 0) is 11.2 Å². The van der Waals surface area contributed by atoms with Crippen LogP contribution in [0.25, 0.3) is 0 Å². The van der Waals surface area contributed by atoms with Crippen LogP contribution >= 0.6 is 0 Å². The second-order valence-corrected chi connectivity index (χ2v) is 4.23. The number of carbonyl (C=O) groups excluding carboxylic acids is 1. The van der Waals surface area contributed by atoms with E-state index in [0.29, 0.717) is 31.1 Å². The molecule has 0 bridgehead atoms. The normalized spacial score (nSPS) is 18.1. The van der Waals surface area contributed by atoms with Gasteiger partial charge < -0.3 is 5.73 Å². The number of ketones is 1. The Kier molecular flexibility index (Phi) is 3.17. The third kappa shape index (κ3) is 2.26. The summed E-state index contributed by atoms with van der Waals surface area (Å²) in [4.78, 5) is 11.6. The van der Waals surface area contributed by atoms with Crippen LogP contribution in [0.5, 0.6) is 0 Å². The Morgan fingerprint density at radius 1 is 1.40 bits per heavy atom. The smallest absolute Gasteiger partial charge is 0.133 e. The summed E-state index contributed by atoms with van der Waals surface area (Å²) in [7, 11) is 0. The Bertz CT molecular complexity index is 359. The largest absolute Gasteiger partial charge is 0.330 e. The lowest BCUT2D eigenvalue weighted by Gasteiger charge is -2.29. The number of Topliss-reactive ketones (excluding diaryl/α,β-unsaturated/α-hetero) is 1. The summed E-state index contributed by atoms with van der Waals surface area (Å²) in [6.45, 7) is 0.618. The van der Waals surface area contributed by atoms with E-state index >= 15 is 0 Å². The molecule has 2 nitrogen and oxygen atoms in total. The van der Waals surface area contributed by atoms with Crippen LogP contribution in [0.3, 0.4) is 0 Å². The zero-order chi connectivity index (χ0) is 10.7. The summed E-state index contributed by atoms with van der Waals surface area (Å²) in [5, 5.41) is 0. The molecule has 2 rings (SSSR count). The van der Waals surface area contributed by atoms with Crippen LogP contribution in [0.15, 0.2) is 24.3 Å². The molecule has 0 fully saturated rings. The van der Waals surface area contributed by atoms with Gasteiger partial charge in [-0.2, -0.15) is 0 Å². The number of fused-ring (bicyclic) bond motifs is 1. The molecule has 2 N–H and O–H groups in total. The lowest BCUT2D eigenvalue weighted by atomic mass is 9.75. The predicted octanol–water partition coefficient (Wildman–Crippen LogP) is 2.02.